The smallest absolute Gasteiger partial charge is 0.253 e. The number of nitrogens with one attached hydrogen (secondary N) is 2. The molecule has 0 atom stereocenters. The molecular weight excluding hydrogens is 382 g/mol. The second-order valence-electron chi connectivity index (χ2n) is 7.21. The van der Waals surface area contributed by atoms with E-state index in [1.165, 1.54) is 0 Å². The van der Waals surface area contributed by atoms with Gasteiger partial charge >= 0.3 is 0 Å². The molecule has 0 radical (unpaired) electrons. The highest BCUT2D eigenvalue weighted by atomic mass is 32.1. The van der Waals surface area contributed by atoms with E-state index < -0.39 is 0 Å². The van der Waals surface area contributed by atoms with Crippen LogP contribution < -0.4 is 15.6 Å². The lowest BCUT2D eigenvalue weighted by molar-refractivity contribution is 0.396. The second-order valence-corrected chi connectivity index (χ2v) is 7.59. The van der Waals surface area contributed by atoms with Crippen molar-refractivity contribution in [2.24, 2.45) is 0 Å². The molecular formula is C23H27N3O2S. The van der Waals surface area contributed by atoms with E-state index in [-0.39, 0.29) is 5.56 Å². The molecule has 152 valence electrons. The highest BCUT2D eigenvalue weighted by molar-refractivity contribution is 7.80. The molecule has 0 spiro atoms. The van der Waals surface area contributed by atoms with Crippen LogP contribution in [0.15, 0.2) is 47.3 Å². The maximum Gasteiger partial charge on any atom is 0.253 e. The van der Waals surface area contributed by atoms with Gasteiger partial charge in [-0.2, -0.15) is 0 Å². The molecule has 6 heteroatoms. The van der Waals surface area contributed by atoms with Gasteiger partial charge in [0.25, 0.3) is 5.56 Å². The van der Waals surface area contributed by atoms with E-state index in [2.05, 4.69) is 23.3 Å². The van der Waals surface area contributed by atoms with Gasteiger partial charge in [0.05, 0.1) is 13.7 Å². The fraction of sp³-hybridized carbons (Fsp3) is 0.304. The summed E-state index contributed by atoms with van der Waals surface area (Å²) in [5, 5.41) is 4.89. The minimum atomic E-state index is -0.0819. The average molecular weight is 410 g/mol. The van der Waals surface area contributed by atoms with Crippen molar-refractivity contribution in [2.45, 2.75) is 33.9 Å². The lowest BCUT2D eigenvalue weighted by atomic mass is 10.0. The van der Waals surface area contributed by atoms with E-state index in [0.717, 1.165) is 39.9 Å². The molecule has 0 saturated heterocycles. The number of pyridine rings is 1. The van der Waals surface area contributed by atoms with Crippen LogP contribution in [0.25, 0.3) is 10.9 Å². The van der Waals surface area contributed by atoms with Crippen molar-refractivity contribution >= 4 is 28.2 Å². The Morgan fingerprint density at radius 2 is 1.86 bits per heavy atom. The standard InChI is InChI=1S/C23H27N3O2S/c1-5-24-23(29)26(13-17-6-8-19(28-4)9-7-17)14-18-12-20-16(3)10-15(2)11-21(20)25-22(18)27/h6-12H,5,13-14H2,1-4H3,(H,24,29)(H,25,27). The summed E-state index contributed by atoms with van der Waals surface area (Å²) in [4.78, 5) is 17.8. The van der Waals surface area contributed by atoms with Crippen molar-refractivity contribution in [1.82, 2.24) is 15.2 Å². The third-order valence-corrected chi connectivity index (χ3v) is 5.30. The Hall–Kier alpha value is -2.86. The van der Waals surface area contributed by atoms with Crippen molar-refractivity contribution in [3.8, 4) is 5.75 Å². The summed E-state index contributed by atoms with van der Waals surface area (Å²) in [6, 6.07) is 14.0. The predicted octanol–water partition coefficient (Wildman–Crippen LogP) is 4.05. The Kier molecular flexibility index (Phi) is 6.54. The van der Waals surface area contributed by atoms with Crippen LogP contribution in [0.5, 0.6) is 5.75 Å². The fourth-order valence-corrected chi connectivity index (χ4v) is 3.73. The van der Waals surface area contributed by atoms with Gasteiger partial charge in [-0.3, -0.25) is 4.79 Å². The second kappa shape index (κ2) is 9.09. The first kappa shape index (κ1) is 20.9. The van der Waals surface area contributed by atoms with E-state index >= 15 is 0 Å². The average Bonchev–Trinajstić information content (AvgIpc) is 2.69. The third-order valence-electron chi connectivity index (χ3n) is 4.90. The number of rotatable bonds is 6. The van der Waals surface area contributed by atoms with Gasteiger partial charge in [0, 0.05) is 29.6 Å². The van der Waals surface area contributed by atoms with Gasteiger partial charge in [-0.15, -0.1) is 0 Å². The summed E-state index contributed by atoms with van der Waals surface area (Å²) >= 11 is 5.58. The molecule has 0 amide bonds. The van der Waals surface area contributed by atoms with Crippen LogP contribution in [0, 0.1) is 13.8 Å². The number of aromatic nitrogens is 1. The molecule has 29 heavy (non-hydrogen) atoms. The molecule has 3 aromatic rings. The molecule has 2 N–H and O–H groups in total. The molecule has 0 fully saturated rings. The summed E-state index contributed by atoms with van der Waals surface area (Å²) in [5.41, 5.74) is 4.85. The first-order valence-corrected chi connectivity index (χ1v) is 10.1. The first-order valence-electron chi connectivity index (χ1n) is 9.70. The summed E-state index contributed by atoms with van der Waals surface area (Å²) in [6.45, 7) is 7.85. The van der Waals surface area contributed by atoms with E-state index in [1.54, 1.807) is 7.11 Å². The molecule has 1 aromatic heterocycles. The zero-order chi connectivity index (χ0) is 21.0. The summed E-state index contributed by atoms with van der Waals surface area (Å²) in [5.74, 6) is 0.811. The number of hydrogen-bond donors (Lipinski definition) is 2. The van der Waals surface area contributed by atoms with Crippen LogP contribution in [0.2, 0.25) is 0 Å². The minimum absolute atomic E-state index is 0.0819. The van der Waals surface area contributed by atoms with Gasteiger partial charge in [0.2, 0.25) is 0 Å². The van der Waals surface area contributed by atoms with Gasteiger partial charge < -0.3 is 19.9 Å². The Morgan fingerprint density at radius 3 is 2.52 bits per heavy atom. The lowest BCUT2D eigenvalue weighted by Crippen LogP contribution is -2.39. The minimum Gasteiger partial charge on any atom is -0.497 e. The van der Waals surface area contributed by atoms with Gasteiger partial charge in [0.15, 0.2) is 5.11 Å². The topological polar surface area (TPSA) is 57.4 Å². The van der Waals surface area contributed by atoms with E-state index in [0.29, 0.717) is 23.8 Å². The number of methoxy groups -OCH3 is 1. The SMILES string of the molecule is CCNC(=S)N(Cc1ccc(OC)cc1)Cc1cc2c(C)cc(C)cc2[nH]c1=O. The fourth-order valence-electron chi connectivity index (χ4n) is 3.45. The number of fused-ring (bicyclic) bond motifs is 1. The van der Waals surface area contributed by atoms with Crippen molar-refractivity contribution in [3.63, 3.8) is 0 Å². The number of aromatic amines is 1. The highest BCUT2D eigenvalue weighted by Crippen LogP contribution is 2.20. The number of ether oxygens (including phenoxy) is 1. The molecule has 1 heterocycles. The molecule has 2 aromatic carbocycles. The number of H-pyrrole nitrogens is 1. The molecule has 5 nitrogen and oxygen atoms in total. The van der Waals surface area contributed by atoms with Crippen LogP contribution in [0.4, 0.5) is 0 Å². The van der Waals surface area contributed by atoms with Gasteiger partial charge in [-0.25, -0.2) is 0 Å². The zero-order valence-corrected chi connectivity index (χ0v) is 18.2. The van der Waals surface area contributed by atoms with Crippen molar-refractivity contribution in [1.29, 1.82) is 0 Å². The predicted molar refractivity (Wildman–Crippen MR) is 123 cm³/mol. The molecule has 3 rings (SSSR count). The number of nitrogens with zero attached hydrogens (tertiary/aromatic N) is 1. The number of aryl methyl sites for hydroxylation is 2. The van der Waals surface area contributed by atoms with Gasteiger partial charge in [-0.05, 0) is 73.9 Å². The monoisotopic (exact) mass is 409 g/mol. The Balaban J connectivity index is 1.93. The number of hydrogen-bond acceptors (Lipinski definition) is 3. The Bertz CT molecular complexity index is 1070. The first-order chi connectivity index (χ1) is 13.9. The van der Waals surface area contributed by atoms with Crippen molar-refractivity contribution in [2.75, 3.05) is 13.7 Å². The van der Waals surface area contributed by atoms with Crippen LogP contribution in [0.3, 0.4) is 0 Å². The quantitative estimate of drug-likeness (QED) is 0.602. The molecule has 0 aliphatic heterocycles. The molecule has 0 aliphatic rings. The molecule has 0 aliphatic carbocycles. The van der Waals surface area contributed by atoms with E-state index in [1.807, 2.05) is 55.1 Å². The molecule has 0 unspecified atom stereocenters. The van der Waals surface area contributed by atoms with Crippen LogP contribution >= 0.6 is 12.2 Å². The van der Waals surface area contributed by atoms with Gasteiger partial charge in [0.1, 0.15) is 5.75 Å². The Labute approximate surface area is 176 Å². The molecule has 0 bridgehead atoms. The highest BCUT2D eigenvalue weighted by Gasteiger charge is 2.14. The van der Waals surface area contributed by atoms with Crippen LogP contribution in [0.1, 0.15) is 29.2 Å². The normalized spacial score (nSPS) is 10.8. The Morgan fingerprint density at radius 1 is 1.14 bits per heavy atom. The largest absolute Gasteiger partial charge is 0.497 e. The van der Waals surface area contributed by atoms with E-state index in [4.69, 9.17) is 17.0 Å². The zero-order valence-electron chi connectivity index (χ0n) is 17.3. The summed E-state index contributed by atoms with van der Waals surface area (Å²) < 4.78 is 5.23. The lowest BCUT2D eigenvalue weighted by Gasteiger charge is -2.26. The van der Waals surface area contributed by atoms with Crippen molar-refractivity contribution in [3.05, 3.63) is 75.1 Å². The number of thiocarbonyl (C=S) groups is 1. The number of benzene rings is 2. The van der Waals surface area contributed by atoms with Crippen LogP contribution in [-0.4, -0.2) is 28.7 Å². The maximum atomic E-state index is 12.7. The van der Waals surface area contributed by atoms with Gasteiger partial charge in [-0.1, -0.05) is 18.2 Å². The third kappa shape index (κ3) is 4.95. The molecule has 0 saturated carbocycles. The summed E-state index contributed by atoms with van der Waals surface area (Å²) in [6.07, 6.45) is 0. The van der Waals surface area contributed by atoms with E-state index in [9.17, 15) is 4.79 Å². The maximum absolute atomic E-state index is 12.7. The van der Waals surface area contributed by atoms with Crippen molar-refractivity contribution < 1.29 is 4.74 Å². The summed E-state index contributed by atoms with van der Waals surface area (Å²) in [7, 11) is 1.65. The van der Waals surface area contributed by atoms with Crippen LogP contribution in [-0.2, 0) is 13.1 Å².